The van der Waals surface area contributed by atoms with Crippen LogP contribution in [0.15, 0.2) is 24.3 Å². The summed E-state index contributed by atoms with van der Waals surface area (Å²) < 4.78 is 7.83. The lowest BCUT2D eigenvalue weighted by Crippen LogP contribution is -2.09. The molecule has 1 saturated carbocycles. The number of imidazole rings is 1. The highest BCUT2D eigenvalue weighted by Gasteiger charge is 2.31. The van der Waals surface area contributed by atoms with Gasteiger partial charge in [-0.1, -0.05) is 12.1 Å². The van der Waals surface area contributed by atoms with Crippen molar-refractivity contribution in [2.75, 3.05) is 6.61 Å². The van der Waals surface area contributed by atoms with E-state index in [0.717, 1.165) is 39.9 Å². The van der Waals surface area contributed by atoms with Crippen molar-refractivity contribution in [2.24, 2.45) is 5.92 Å². The monoisotopic (exact) mass is 310 g/mol. The first-order valence-electron chi connectivity index (χ1n) is 8.36. The van der Waals surface area contributed by atoms with Crippen LogP contribution >= 0.6 is 0 Å². The van der Waals surface area contributed by atoms with Crippen LogP contribution in [0.1, 0.15) is 38.4 Å². The van der Waals surface area contributed by atoms with Crippen LogP contribution in [-0.4, -0.2) is 26.4 Å². The Bertz CT molecular complexity index is 844. The van der Waals surface area contributed by atoms with Crippen LogP contribution in [0.5, 0.6) is 5.75 Å². The van der Waals surface area contributed by atoms with E-state index in [4.69, 9.17) is 14.8 Å². The highest BCUT2D eigenvalue weighted by atomic mass is 16.5. The third-order valence-electron chi connectivity index (χ3n) is 4.65. The quantitative estimate of drug-likeness (QED) is 0.771. The van der Waals surface area contributed by atoms with Gasteiger partial charge >= 0.3 is 0 Å². The van der Waals surface area contributed by atoms with E-state index >= 15 is 0 Å². The topological polar surface area (TPSA) is 55.7 Å². The molecule has 2 heterocycles. The van der Waals surface area contributed by atoms with Crippen molar-refractivity contribution < 1.29 is 4.74 Å². The van der Waals surface area contributed by atoms with Gasteiger partial charge in [-0.25, -0.2) is 9.67 Å². The predicted octanol–water partition coefficient (Wildman–Crippen LogP) is 4.10. The van der Waals surface area contributed by atoms with Gasteiger partial charge in [-0.15, -0.1) is 0 Å². The fourth-order valence-corrected chi connectivity index (χ4v) is 3.17. The summed E-state index contributed by atoms with van der Waals surface area (Å²) in [4.78, 5) is 8.28. The van der Waals surface area contributed by atoms with Gasteiger partial charge in [0.25, 0.3) is 0 Å². The summed E-state index contributed by atoms with van der Waals surface area (Å²) in [5.41, 5.74) is 3.97. The first-order chi connectivity index (χ1) is 11.2. The molecule has 0 amide bonds. The Morgan fingerprint density at radius 2 is 2.13 bits per heavy atom. The molecule has 1 aliphatic rings. The maximum absolute atomic E-state index is 5.74. The Morgan fingerprint density at radius 3 is 2.87 bits per heavy atom. The van der Waals surface area contributed by atoms with E-state index in [1.807, 2.05) is 38.1 Å². The van der Waals surface area contributed by atoms with Gasteiger partial charge in [0, 0.05) is 0 Å². The Balaban J connectivity index is 1.82. The second-order valence-electron chi connectivity index (χ2n) is 6.32. The van der Waals surface area contributed by atoms with E-state index in [1.54, 1.807) is 0 Å². The van der Waals surface area contributed by atoms with Gasteiger partial charge in [0.2, 0.25) is 0 Å². The standard InChI is InChI=1S/C18H22N4O/c1-4-23-15-8-6-5-7-14(15)17-19-16-11(2)21-22(18(16)20-17)12(3)13-9-10-13/h5-8,12-13H,4,9-10H2,1-3H3,(H,19,20)/t12-/m1/s1. The molecule has 0 saturated heterocycles. The summed E-state index contributed by atoms with van der Waals surface area (Å²) in [5.74, 6) is 2.45. The van der Waals surface area contributed by atoms with Gasteiger partial charge in [0.05, 0.1) is 23.9 Å². The number of fused-ring (bicyclic) bond motifs is 1. The number of nitrogens with one attached hydrogen (secondary N) is 1. The van der Waals surface area contributed by atoms with E-state index in [9.17, 15) is 0 Å². The van der Waals surface area contributed by atoms with Gasteiger partial charge in [-0.3, -0.25) is 0 Å². The van der Waals surface area contributed by atoms with Crippen LogP contribution in [-0.2, 0) is 0 Å². The molecule has 1 atom stereocenters. The zero-order valence-electron chi connectivity index (χ0n) is 13.8. The van der Waals surface area contributed by atoms with Gasteiger partial charge in [-0.05, 0) is 51.7 Å². The number of benzene rings is 1. The van der Waals surface area contributed by atoms with Crippen LogP contribution in [0.25, 0.3) is 22.6 Å². The predicted molar refractivity (Wildman–Crippen MR) is 90.7 cm³/mol. The number of aryl methyl sites for hydroxylation is 1. The van der Waals surface area contributed by atoms with E-state index in [2.05, 4.69) is 16.6 Å². The molecule has 1 aliphatic carbocycles. The molecule has 5 nitrogen and oxygen atoms in total. The molecular weight excluding hydrogens is 288 g/mol. The van der Waals surface area contributed by atoms with Crippen LogP contribution in [0.4, 0.5) is 0 Å². The number of hydrogen-bond acceptors (Lipinski definition) is 3. The molecule has 1 N–H and O–H groups in total. The Morgan fingerprint density at radius 1 is 1.35 bits per heavy atom. The SMILES string of the molecule is CCOc1ccccc1-c1nc2c([nH]1)c(C)nn2[C@H](C)C1CC1. The van der Waals surface area contributed by atoms with E-state index in [-0.39, 0.29) is 0 Å². The maximum atomic E-state index is 5.74. The van der Waals surface area contributed by atoms with Crippen molar-refractivity contribution in [1.82, 2.24) is 19.7 Å². The number of rotatable bonds is 5. The minimum Gasteiger partial charge on any atom is -0.493 e. The van der Waals surface area contributed by atoms with Crippen LogP contribution in [0.3, 0.4) is 0 Å². The molecule has 4 rings (SSSR count). The lowest BCUT2D eigenvalue weighted by atomic mass is 10.2. The number of hydrogen-bond donors (Lipinski definition) is 1. The molecule has 0 unspecified atom stereocenters. The van der Waals surface area contributed by atoms with E-state index < -0.39 is 0 Å². The molecule has 0 bridgehead atoms. The molecule has 0 aliphatic heterocycles. The lowest BCUT2D eigenvalue weighted by Gasteiger charge is -2.10. The smallest absolute Gasteiger partial charge is 0.177 e. The zero-order chi connectivity index (χ0) is 16.0. The largest absolute Gasteiger partial charge is 0.493 e. The fraction of sp³-hybridized carbons (Fsp3) is 0.444. The highest BCUT2D eigenvalue weighted by Crippen LogP contribution is 2.40. The first-order valence-corrected chi connectivity index (χ1v) is 8.36. The lowest BCUT2D eigenvalue weighted by molar-refractivity contribution is 0.341. The molecule has 0 radical (unpaired) electrons. The summed E-state index contributed by atoms with van der Waals surface area (Å²) >= 11 is 0. The average molecular weight is 310 g/mol. The van der Waals surface area contributed by atoms with Gasteiger partial charge in [-0.2, -0.15) is 5.10 Å². The summed E-state index contributed by atoms with van der Waals surface area (Å²) in [5, 5.41) is 4.70. The molecule has 1 fully saturated rings. The van der Waals surface area contributed by atoms with Crippen molar-refractivity contribution in [2.45, 2.75) is 39.7 Å². The van der Waals surface area contributed by atoms with E-state index in [1.165, 1.54) is 12.8 Å². The van der Waals surface area contributed by atoms with Crippen LogP contribution < -0.4 is 4.74 Å². The minimum absolute atomic E-state index is 0.407. The number of para-hydroxylation sites is 1. The number of nitrogens with zero attached hydrogens (tertiary/aromatic N) is 3. The number of ether oxygens (including phenoxy) is 1. The maximum Gasteiger partial charge on any atom is 0.177 e. The first kappa shape index (κ1) is 14.3. The van der Waals surface area contributed by atoms with Gasteiger partial charge < -0.3 is 9.72 Å². The highest BCUT2D eigenvalue weighted by molar-refractivity contribution is 5.80. The van der Waals surface area contributed by atoms with Crippen LogP contribution in [0.2, 0.25) is 0 Å². The van der Waals surface area contributed by atoms with Gasteiger partial charge in [0.1, 0.15) is 17.1 Å². The van der Waals surface area contributed by atoms with Crippen molar-refractivity contribution in [3.05, 3.63) is 30.0 Å². The number of aromatic amines is 1. The van der Waals surface area contributed by atoms with Gasteiger partial charge in [0.15, 0.2) is 5.65 Å². The van der Waals surface area contributed by atoms with E-state index in [0.29, 0.717) is 12.6 Å². The van der Waals surface area contributed by atoms with Crippen molar-refractivity contribution in [3.8, 4) is 17.1 Å². The molecule has 0 spiro atoms. The minimum atomic E-state index is 0.407. The Hall–Kier alpha value is -2.30. The zero-order valence-corrected chi connectivity index (χ0v) is 13.8. The summed E-state index contributed by atoms with van der Waals surface area (Å²) in [6.45, 7) is 6.92. The second-order valence-corrected chi connectivity index (χ2v) is 6.32. The molecule has 2 aromatic heterocycles. The number of H-pyrrole nitrogens is 1. The summed E-state index contributed by atoms with van der Waals surface area (Å²) in [6.07, 6.45) is 2.60. The molecule has 5 heteroatoms. The van der Waals surface area contributed by atoms with Crippen molar-refractivity contribution in [3.63, 3.8) is 0 Å². The third kappa shape index (κ3) is 2.40. The molecule has 23 heavy (non-hydrogen) atoms. The Labute approximate surface area is 135 Å². The summed E-state index contributed by atoms with van der Waals surface area (Å²) in [7, 11) is 0. The molecule has 1 aromatic carbocycles. The molecular formula is C18H22N4O. The van der Waals surface area contributed by atoms with Crippen molar-refractivity contribution >= 4 is 11.2 Å². The van der Waals surface area contributed by atoms with Crippen molar-refractivity contribution in [1.29, 1.82) is 0 Å². The molecule has 3 aromatic rings. The fourth-order valence-electron chi connectivity index (χ4n) is 3.17. The average Bonchev–Trinajstić information content (AvgIpc) is 3.24. The second kappa shape index (κ2) is 5.41. The number of aromatic nitrogens is 4. The summed E-state index contributed by atoms with van der Waals surface area (Å²) in [6, 6.07) is 8.43. The van der Waals surface area contributed by atoms with Crippen LogP contribution in [0, 0.1) is 12.8 Å². The third-order valence-corrected chi connectivity index (χ3v) is 4.65. The Kier molecular flexibility index (Phi) is 3.36. The molecule has 120 valence electrons. The normalized spacial score (nSPS) is 16.0.